The monoisotopic (exact) mass is 518 g/mol. The van der Waals surface area contributed by atoms with Crippen LogP contribution in [0.3, 0.4) is 0 Å². The van der Waals surface area contributed by atoms with Crippen molar-refractivity contribution in [1.82, 2.24) is 19.8 Å². The van der Waals surface area contributed by atoms with Crippen molar-refractivity contribution in [2.24, 2.45) is 5.92 Å². The van der Waals surface area contributed by atoms with Gasteiger partial charge in [0.2, 0.25) is 0 Å². The van der Waals surface area contributed by atoms with Crippen LogP contribution in [0.5, 0.6) is 0 Å². The highest BCUT2D eigenvalue weighted by Gasteiger charge is 2.44. The fourth-order valence-corrected chi connectivity index (χ4v) is 5.57. The number of aliphatic hydroxyl groups is 1. The Morgan fingerprint density at radius 1 is 1.33 bits per heavy atom. The zero-order valence-corrected chi connectivity index (χ0v) is 21.0. The molecule has 1 unspecified atom stereocenters. The Bertz CT molecular complexity index is 1260. The topological polar surface area (TPSA) is 141 Å². The summed E-state index contributed by atoms with van der Waals surface area (Å²) in [5, 5.41) is 18.6. The molecule has 2 amide bonds. The molecule has 36 heavy (non-hydrogen) atoms. The van der Waals surface area contributed by atoms with Gasteiger partial charge in [0, 0.05) is 48.8 Å². The van der Waals surface area contributed by atoms with Crippen molar-refractivity contribution in [2.75, 3.05) is 39.2 Å². The Morgan fingerprint density at radius 3 is 2.67 bits per heavy atom. The van der Waals surface area contributed by atoms with Crippen molar-refractivity contribution in [3.8, 4) is 23.7 Å². The van der Waals surface area contributed by atoms with Crippen LogP contribution in [0.2, 0.25) is 0 Å². The smallest absolute Gasteiger partial charge is 0.328 e. The number of ether oxygens (including phenoxy) is 1. The minimum Gasteiger partial charge on any atom is -0.395 e. The van der Waals surface area contributed by atoms with E-state index in [1.54, 1.807) is 12.3 Å². The minimum atomic E-state index is -3.84. The van der Waals surface area contributed by atoms with Crippen LogP contribution >= 0.6 is 0 Å². The number of nitrogens with zero attached hydrogens (tertiary/aromatic N) is 3. The lowest BCUT2D eigenvalue weighted by molar-refractivity contribution is -0.131. The van der Waals surface area contributed by atoms with Gasteiger partial charge in [-0.25, -0.2) is 18.7 Å². The van der Waals surface area contributed by atoms with Crippen LogP contribution in [0, 0.1) is 29.6 Å². The molecule has 0 aromatic carbocycles. The van der Waals surface area contributed by atoms with Gasteiger partial charge < -0.3 is 14.7 Å². The number of carbonyl (C=O) groups is 2. The third-order valence-corrected chi connectivity index (χ3v) is 9.32. The summed E-state index contributed by atoms with van der Waals surface area (Å²) in [6, 6.07) is 1.89. The number of aliphatic hydroxyl groups excluding tert-OH is 1. The van der Waals surface area contributed by atoms with Gasteiger partial charge in [0.25, 0.3) is 5.91 Å². The van der Waals surface area contributed by atoms with E-state index in [4.69, 9.17) is 9.94 Å². The second-order valence-corrected chi connectivity index (χ2v) is 12.1. The third-order valence-electron chi connectivity index (χ3n) is 7.29. The molecule has 0 aliphatic carbocycles. The van der Waals surface area contributed by atoms with E-state index in [-0.39, 0.29) is 44.1 Å². The van der Waals surface area contributed by atoms with Crippen LogP contribution in [-0.2, 0) is 25.9 Å². The molecule has 3 atom stereocenters. The highest BCUT2D eigenvalue weighted by atomic mass is 32.2. The lowest BCUT2D eigenvalue weighted by atomic mass is 10.1. The normalized spacial score (nSPS) is 23.7. The Balaban J connectivity index is 1.35. The molecule has 1 aromatic heterocycles. The second kappa shape index (κ2) is 10.2. The molecule has 2 fully saturated rings. The number of nitrogens with one attached hydrogen (secondary N) is 1. The van der Waals surface area contributed by atoms with Crippen LogP contribution in [0.4, 0.5) is 4.79 Å². The van der Waals surface area contributed by atoms with Crippen molar-refractivity contribution in [3.63, 3.8) is 0 Å². The molecular weight excluding hydrogens is 488 g/mol. The maximum absolute atomic E-state index is 12.8. The molecule has 1 aromatic rings. The lowest BCUT2D eigenvalue weighted by Gasteiger charge is -2.37. The van der Waals surface area contributed by atoms with E-state index in [9.17, 15) is 23.1 Å². The summed E-state index contributed by atoms with van der Waals surface area (Å²) in [6.45, 7) is 3.77. The van der Waals surface area contributed by atoms with Crippen LogP contribution in [-0.4, -0.2) is 101 Å². The van der Waals surface area contributed by atoms with Crippen LogP contribution in [0.1, 0.15) is 31.0 Å². The first-order chi connectivity index (χ1) is 17.1. The number of aromatic nitrogens is 1. The van der Waals surface area contributed by atoms with Gasteiger partial charge in [-0.3, -0.25) is 19.5 Å². The molecule has 4 rings (SSSR count). The SMILES string of the molecule is CC(CCN1Cc2cc(C#CC#C[C@H]3C[C@H](CO)N(C4COC4)C3)cn2C1=O)(C(=O)NO)S(C)(=O)=O. The summed E-state index contributed by atoms with van der Waals surface area (Å²) in [6.07, 6.45) is 3.16. The Morgan fingerprint density at radius 2 is 2.08 bits per heavy atom. The van der Waals surface area contributed by atoms with E-state index in [0.29, 0.717) is 30.5 Å². The molecule has 0 saturated carbocycles. The average molecular weight is 519 g/mol. The summed E-state index contributed by atoms with van der Waals surface area (Å²) in [5.74, 6) is 11.0. The Kier molecular flexibility index (Phi) is 7.46. The van der Waals surface area contributed by atoms with E-state index < -0.39 is 20.5 Å². The van der Waals surface area contributed by atoms with Gasteiger partial charge in [-0.15, -0.1) is 0 Å². The summed E-state index contributed by atoms with van der Waals surface area (Å²) >= 11 is 0. The van der Waals surface area contributed by atoms with Gasteiger partial charge in [0.05, 0.1) is 32.4 Å². The molecule has 12 heteroatoms. The van der Waals surface area contributed by atoms with E-state index in [1.165, 1.54) is 21.9 Å². The zero-order chi connectivity index (χ0) is 26.1. The van der Waals surface area contributed by atoms with E-state index in [2.05, 4.69) is 28.6 Å². The van der Waals surface area contributed by atoms with Crippen LogP contribution in [0.25, 0.3) is 0 Å². The zero-order valence-electron chi connectivity index (χ0n) is 20.2. The summed E-state index contributed by atoms with van der Waals surface area (Å²) < 4.78 is 29.1. The first-order valence-corrected chi connectivity index (χ1v) is 13.6. The van der Waals surface area contributed by atoms with E-state index in [0.717, 1.165) is 19.2 Å². The Labute approximate surface area is 210 Å². The molecule has 0 bridgehead atoms. The van der Waals surface area contributed by atoms with Gasteiger partial charge in [-0.05, 0) is 37.7 Å². The summed E-state index contributed by atoms with van der Waals surface area (Å²) in [7, 11) is -3.84. The van der Waals surface area contributed by atoms with Gasteiger partial charge in [-0.1, -0.05) is 11.8 Å². The quantitative estimate of drug-likeness (QED) is 0.247. The molecule has 2 saturated heterocycles. The predicted molar refractivity (Wildman–Crippen MR) is 128 cm³/mol. The molecular formula is C24H30N4O7S. The number of likely N-dealkylation sites (tertiary alicyclic amines) is 1. The van der Waals surface area contributed by atoms with Crippen molar-refractivity contribution in [1.29, 1.82) is 0 Å². The van der Waals surface area contributed by atoms with Crippen molar-refractivity contribution >= 4 is 21.8 Å². The standard InChI is InChI=1S/C24H30N4O7S/c1-24(22(30)25-32,36(2,33)34)7-8-26-13-19-9-17(12-28(19)23(26)31)5-3-4-6-18-10-20(14-29)27(11-18)21-15-35-16-21/h9,12,18,20-21,29,32H,7-8,10-11,13-16H2,1-2H3,(H,25,30)/t18-,20+,24?/m0/s1. The number of hydroxylamine groups is 1. The van der Waals surface area contributed by atoms with E-state index >= 15 is 0 Å². The number of sulfone groups is 1. The highest BCUT2D eigenvalue weighted by molar-refractivity contribution is 7.92. The highest BCUT2D eigenvalue weighted by Crippen LogP contribution is 2.28. The number of hydrogen-bond acceptors (Lipinski definition) is 8. The molecule has 194 valence electrons. The first kappa shape index (κ1) is 26.2. The second-order valence-electron chi connectivity index (χ2n) is 9.66. The van der Waals surface area contributed by atoms with Crippen LogP contribution < -0.4 is 5.48 Å². The maximum atomic E-state index is 12.8. The lowest BCUT2D eigenvalue weighted by Crippen LogP contribution is -2.51. The third kappa shape index (κ3) is 5.01. The fourth-order valence-electron chi connectivity index (χ4n) is 4.73. The van der Waals surface area contributed by atoms with Crippen LogP contribution in [0.15, 0.2) is 12.3 Å². The molecule has 0 radical (unpaired) electrons. The molecule has 0 spiro atoms. The number of rotatable bonds is 7. The largest absolute Gasteiger partial charge is 0.395 e. The summed E-state index contributed by atoms with van der Waals surface area (Å²) in [5.41, 5.74) is 2.74. The van der Waals surface area contributed by atoms with Gasteiger partial charge >= 0.3 is 6.03 Å². The number of hydrogen-bond donors (Lipinski definition) is 3. The number of fused-ring (bicyclic) bond motifs is 1. The number of carbonyl (C=O) groups excluding carboxylic acids is 2. The fraction of sp³-hybridized carbons (Fsp3) is 0.583. The molecule has 3 aliphatic heterocycles. The maximum Gasteiger partial charge on any atom is 0.328 e. The van der Waals surface area contributed by atoms with Crippen molar-refractivity contribution in [2.45, 2.75) is 43.1 Å². The van der Waals surface area contributed by atoms with Crippen molar-refractivity contribution in [3.05, 3.63) is 23.5 Å². The van der Waals surface area contributed by atoms with Gasteiger partial charge in [-0.2, -0.15) is 0 Å². The van der Waals surface area contributed by atoms with Gasteiger partial charge in [0.1, 0.15) is 0 Å². The summed E-state index contributed by atoms with van der Waals surface area (Å²) in [4.78, 5) is 28.5. The van der Waals surface area contributed by atoms with Gasteiger partial charge in [0.15, 0.2) is 14.6 Å². The first-order valence-electron chi connectivity index (χ1n) is 11.7. The minimum absolute atomic E-state index is 0.0181. The van der Waals surface area contributed by atoms with Crippen molar-refractivity contribution < 1.29 is 33.1 Å². The predicted octanol–water partition coefficient (Wildman–Crippen LogP) is -0.593. The molecule has 4 heterocycles. The average Bonchev–Trinajstić information content (AvgIpc) is 3.47. The molecule has 3 N–H and O–H groups in total. The Hall–Kier alpha value is -2.87. The number of amides is 2. The van der Waals surface area contributed by atoms with E-state index in [1.807, 2.05) is 0 Å². The molecule has 11 nitrogen and oxygen atoms in total. The molecule has 3 aliphatic rings.